The van der Waals surface area contributed by atoms with Crippen LogP contribution < -0.4 is 5.73 Å². The summed E-state index contributed by atoms with van der Waals surface area (Å²) in [5.74, 6) is 0. The molecule has 0 aromatic heterocycles. The SMILES string of the molecule is C=C/C(C#N)=C(\C)N. The van der Waals surface area contributed by atoms with Crippen molar-refractivity contribution in [1.82, 2.24) is 0 Å². The van der Waals surface area contributed by atoms with Crippen LogP contribution in [-0.4, -0.2) is 0 Å². The number of nitriles is 1. The molecule has 0 radical (unpaired) electrons. The van der Waals surface area contributed by atoms with Gasteiger partial charge in [-0.25, -0.2) is 0 Å². The largest absolute Gasteiger partial charge is 0.401 e. The third-order valence-corrected chi connectivity index (χ3v) is 0.749. The van der Waals surface area contributed by atoms with Crippen molar-refractivity contribution < 1.29 is 0 Å². The van der Waals surface area contributed by atoms with Crippen molar-refractivity contribution >= 4 is 0 Å². The zero-order valence-electron chi connectivity index (χ0n) is 4.81. The highest BCUT2D eigenvalue weighted by Gasteiger charge is 1.87. The Morgan fingerprint density at radius 1 is 1.88 bits per heavy atom. The first kappa shape index (κ1) is 6.77. The lowest BCUT2D eigenvalue weighted by atomic mass is 10.2. The number of hydrogen-bond acceptors (Lipinski definition) is 2. The fourth-order valence-electron chi connectivity index (χ4n) is 0.295. The first-order valence-corrected chi connectivity index (χ1v) is 2.21. The highest BCUT2D eigenvalue weighted by Crippen LogP contribution is 1.95. The van der Waals surface area contributed by atoms with Gasteiger partial charge in [0.05, 0.1) is 5.57 Å². The standard InChI is InChI=1S/C6H8N2/c1-3-6(4-7)5(2)8/h3H,1,8H2,2H3/b6-5-. The summed E-state index contributed by atoms with van der Waals surface area (Å²) in [7, 11) is 0. The normalized spacial score (nSPS) is 11.5. The van der Waals surface area contributed by atoms with Crippen molar-refractivity contribution in [3.8, 4) is 6.07 Å². The zero-order chi connectivity index (χ0) is 6.57. The van der Waals surface area contributed by atoms with Crippen molar-refractivity contribution in [2.75, 3.05) is 0 Å². The molecule has 2 N–H and O–H groups in total. The van der Waals surface area contributed by atoms with E-state index in [9.17, 15) is 0 Å². The molecule has 0 aromatic rings. The molecule has 0 saturated carbocycles. The average Bonchev–Trinajstić information content (AvgIpc) is 1.69. The van der Waals surface area contributed by atoms with Gasteiger partial charge in [0.15, 0.2) is 0 Å². The molecular weight excluding hydrogens is 100 g/mol. The minimum Gasteiger partial charge on any atom is -0.401 e. The lowest BCUT2D eigenvalue weighted by Gasteiger charge is -1.87. The fourth-order valence-corrected chi connectivity index (χ4v) is 0.295. The number of nitrogens with two attached hydrogens (primary N) is 1. The first-order chi connectivity index (χ1) is 3.72. The summed E-state index contributed by atoms with van der Waals surface area (Å²) < 4.78 is 0. The van der Waals surface area contributed by atoms with Crippen LogP contribution in [0.2, 0.25) is 0 Å². The van der Waals surface area contributed by atoms with Crippen molar-refractivity contribution in [2.45, 2.75) is 6.92 Å². The summed E-state index contributed by atoms with van der Waals surface area (Å²) in [4.78, 5) is 0. The van der Waals surface area contributed by atoms with E-state index in [0.29, 0.717) is 11.3 Å². The topological polar surface area (TPSA) is 49.8 Å². The van der Waals surface area contributed by atoms with Crippen molar-refractivity contribution in [3.63, 3.8) is 0 Å². The van der Waals surface area contributed by atoms with Gasteiger partial charge in [-0.2, -0.15) is 5.26 Å². The van der Waals surface area contributed by atoms with Crippen molar-refractivity contribution in [2.24, 2.45) is 5.73 Å². The molecule has 0 aliphatic carbocycles. The molecule has 2 heteroatoms. The molecule has 0 aromatic carbocycles. The van der Waals surface area contributed by atoms with Gasteiger partial charge in [-0.1, -0.05) is 6.58 Å². The molecule has 0 heterocycles. The van der Waals surface area contributed by atoms with Gasteiger partial charge in [0.1, 0.15) is 6.07 Å². The van der Waals surface area contributed by atoms with Crippen LogP contribution in [0.15, 0.2) is 23.9 Å². The Morgan fingerprint density at radius 3 is 2.38 bits per heavy atom. The molecule has 0 rings (SSSR count). The van der Waals surface area contributed by atoms with Gasteiger partial charge in [0, 0.05) is 5.70 Å². The molecular formula is C6H8N2. The van der Waals surface area contributed by atoms with Crippen LogP contribution in [0.1, 0.15) is 6.92 Å². The average molecular weight is 108 g/mol. The Balaban J connectivity index is 4.38. The molecule has 0 spiro atoms. The molecule has 0 amide bonds. The number of allylic oxidation sites excluding steroid dienone is 3. The van der Waals surface area contributed by atoms with Gasteiger partial charge in [0.2, 0.25) is 0 Å². The van der Waals surface area contributed by atoms with E-state index < -0.39 is 0 Å². The maximum absolute atomic E-state index is 8.24. The fraction of sp³-hybridized carbons (Fsp3) is 0.167. The number of hydrogen-bond donors (Lipinski definition) is 1. The molecule has 0 bridgehead atoms. The van der Waals surface area contributed by atoms with E-state index in [2.05, 4.69) is 6.58 Å². The van der Waals surface area contributed by atoms with Crippen LogP contribution >= 0.6 is 0 Å². The molecule has 0 saturated heterocycles. The van der Waals surface area contributed by atoms with Crippen LogP contribution in [0.4, 0.5) is 0 Å². The molecule has 2 nitrogen and oxygen atoms in total. The molecule has 0 fully saturated rings. The summed E-state index contributed by atoms with van der Waals surface area (Å²) in [5, 5.41) is 8.24. The summed E-state index contributed by atoms with van der Waals surface area (Å²) >= 11 is 0. The van der Waals surface area contributed by atoms with Gasteiger partial charge < -0.3 is 5.73 Å². The van der Waals surface area contributed by atoms with Gasteiger partial charge in [-0.15, -0.1) is 0 Å². The van der Waals surface area contributed by atoms with Crippen molar-refractivity contribution in [1.29, 1.82) is 5.26 Å². The van der Waals surface area contributed by atoms with E-state index >= 15 is 0 Å². The maximum atomic E-state index is 8.24. The van der Waals surface area contributed by atoms with Gasteiger partial charge in [0.25, 0.3) is 0 Å². The molecule has 0 aliphatic heterocycles. The van der Waals surface area contributed by atoms with Crippen molar-refractivity contribution in [3.05, 3.63) is 23.9 Å². The van der Waals surface area contributed by atoms with Gasteiger partial charge >= 0.3 is 0 Å². The Hall–Kier alpha value is -1.23. The summed E-state index contributed by atoms with van der Waals surface area (Å²) in [6, 6.07) is 1.89. The van der Waals surface area contributed by atoms with E-state index in [-0.39, 0.29) is 0 Å². The molecule has 0 atom stereocenters. The lowest BCUT2D eigenvalue weighted by molar-refractivity contribution is 1.28. The van der Waals surface area contributed by atoms with E-state index in [1.54, 1.807) is 6.92 Å². The Labute approximate surface area is 48.9 Å². The smallest absolute Gasteiger partial charge is 0.101 e. The Morgan fingerprint density at radius 2 is 2.38 bits per heavy atom. The Kier molecular flexibility index (Phi) is 2.42. The summed E-state index contributed by atoms with van der Waals surface area (Å²) in [6.07, 6.45) is 1.44. The second kappa shape index (κ2) is 2.86. The first-order valence-electron chi connectivity index (χ1n) is 2.21. The lowest BCUT2D eigenvalue weighted by Crippen LogP contribution is -1.93. The van der Waals surface area contributed by atoms with E-state index in [4.69, 9.17) is 11.0 Å². The quantitative estimate of drug-likeness (QED) is 0.401. The third-order valence-electron chi connectivity index (χ3n) is 0.749. The molecule has 8 heavy (non-hydrogen) atoms. The van der Waals surface area contributed by atoms with Crippen LogP contribution in [-0.2, 0) is 0 Å². The highest BCUT2D eigenvalue weighted by atomic mass is 14.6. The van der Waals surface area contributed by atoms with E-state index in [1.165, 1.54) is 6.08 Å². The zero-order valence-corrected chi connectivity index (χ0v) is 4.81. The van der Waals surface area contributed by atoms with Gasteiger partial charge in [-0.3, -0.25) is 0 Å². The molecule has 0 aliphatic rings. The minimum atomic E-state index is 0.449. The maximum Gasteiger partial charge on any atom is 0.101 e. The second-order valence-electron chi connectivity index (χ2n) is 1.41. The number of rotatable bonds is 1. The van der Waals surface area contributed by atoms with E-state index in [1.807, 2.05) is 6.07 Å². The van der Waals surface area contributed by atoms with Gasteiger partial charge in [-0.05, 0) is 13.0 Å². The number of nitrogens with zero attached hydrogens (tertiary/aromatic N) is 1. The van der Waals surface area contributed by atoms with Crippen LogP contribution in [0, 0.1) is 11.3 Å². The Bertz CT molecular complexity index is 156. The van der Waals surface area contributed by atoms with Crippen LogP contribution in [0.25, 0.3) is 0 Å². The molecule has 0 unspecified atom stereocenters. The third kappa shape index (κ3) is 1.48. The van der Waals surface area contributed by atoms with Crippen LogP contribution in [0.3, 0.4) is 0 Å². The second-order valence-corrected chi connectivity index (χ2v) is 1.41. The predicted octanol–water partition coefficient (Wildman–Crippen LogP) is 0.929. The highest BCUT2D eigenvalue weighted by molar-refractivity contribution is 5.34. The van der Waals surface area contributed by atoms with Crippen LogP contribution in [0.5, 0.6) is 0 Å². The molecule has 42 valence electrons. The predicted molar refractivity (Wildman–Crippen MR) is 32.7 cm³/mol. The monoisotopic (exact) mass is 108 g/mol. The summed E-state index contributed by atoms with van der Waals surface area (Å²) in [6.45, 7) is 5.06. The minimum absolute atomic E-state index is 0.449. The summed E-state index contributed by atoms with van der Waals surface area (Å²) in [5.41, 5.74) is 6.21. The van der Waals surface area contributed by atoms with E-state index in [0.717, 1.165) is 0 Å².